The lowest BCUT2D eigenvalue weighted by Gasteiger charge is -2.10. The molecule has 1 aliphatic heterocycles. The predicted octanol–water partition coefficient (Wildman–Crippen LogP) is 23.4. The monoisotopic (exact) mass is 1910 g/mol. The van der Waals surface area contributed by atoms with Crippen LogP contribution in [0.3, 0.4) is 0 Å². The number of aryl methyl sites for hydroxylation is 2. The van der Waals surface area contributed by atoms with Crippen LogP contribution in [0.2, 0.25) is 25.1 Å². The third-order valence-corrected chi connectivity index (χ3v) is 22.4. The summed E-state index contributed by atoms with van der Waals surface area (Å²) in [6, 6.07) is 70.8. The van der Waals surface area contributed by atoms with Gasteiger partial charge in [-0.25, -0.2) is 29.0 Å². The fourth-order valence-corrected chi connectivity index (χ4v) is 15.9. The second-order valence-electron chi connectivity index (χ2n) is 27.9. The zero-order valence-corrected chi connectivity index (χ0v) is 75.3. The molecule has 0 radical (unpaired) electrons. The van der Waals surface area contributed by atoms with Gasteiger partial charge in [-0.3, -0.25) is 5.10 Å². The van der Waals surface area contributed by atoms with Gasteiger partial charge in [-0.15, -0.1) is 43.0 Å². The first-order chi connectivity index (χ1) is 63.1. The number of rotatable bonds is 18. The quantitative estimate of drug-likeness (QED) is 0.0435. The van der Waals surface area contributed by atoms with Crippen LogP contribution in [0.15, 0.2) is 298 Å². The van der Waals surface area contributed by atoms with Gasteiger partial charge in [-0.2, -0.15) is 4.98 Å². The molecule has 0 unspecified atom stereocenters. The molecule has 1 aliphatic rings. The maximum absolute atomic E-state index is 12.4. The van der Waals surface area contributed by atoms with Crippen molar-refractivity contribution < 1.29 is 45.5 Å². The summed E-state index contributed by atoms with van der Waals surface area (Å²) in [7, 11) is 6.35. The highest BCUT2D eigenvalue weighted by atomic mass is 35.5. The third kappa shape index (κ3) is 21.1. The second-order valence-corrected chi connectivity index (χ2v) is 31.9. The minimum Gasteiger partial charge on any atom is -0.495 e. The molecule has 9 aromatic heterocycles. The van der Waals surface area contributed by atoms with Crippen LogP contribution in [0.1, 0.15) is 23.1 Å². The summed E-state index contributed by atoms with van der Waals surface area (Å²) in [5, 5.41) is 54.4. The number of nitrogens with one attached hydrogen (secondary N) is 6. The Balaban J connectivity index is 0.000000125. The van der Waals surface area contributed by atoms with E-state index in [4.69, 9.17) is 103 Å². The summed E-state index contributed by atoms with van der Waals surface area (Å²) in [4.78, 5) is 70.4. The van der Waals surface area contributed by atoms with Gasteiger partial charge in [-0.05, 0) is 146 Å². The lowest BCUT2D eigenvalue weighted by Crippen LogP contribution is -2.10. The average Bonchev–Trinajstić information content (AvgIpc) is 1.78. The fourth-order valence-electron chi connectivity index (χ4n) is 13.3. The number of para-hydroxylation sites is 13. The number of hydrogen-bond donors (Lipinski definition) is 6. The number of hydrogen-bond acceptors (Lipinski definition) is 31. The molecular weight excluding hydrogens is 1840 g/mol. The minimum absolute atomic E-state index is 0. The molecule has 658 valence electrons. The van der Waals surface area contributed by atoms with Gasteiger partial charge in [0.25, 0.3) is 5.89 Å². The van der Waals surface area contributed by atoms with Crippen LogP contribution in [-0.2, 0) is 0 Å². The van der Waals surface area contributed by atoms with Gasteiger partial charge in [0.05, 0.1) is 98.7 Å². The summed E-state index contributed by atoms with van der Waals surface area (Å²) < 4.78 is 53.4. The molecule has 131 heavy (non-hydrogen) atoms. The van der Waals surface area contributed by atoms with E-state index in [0.717, 1.165) is 55.9 Å². The number of H-pyrrole nitrogens is 1. The Morgan fingerprint density at radius 2 is 0.733 bits per heavy atom. The van der Waals surface area contributed by atoms with E-state index >= 15 is 0 Å². The van der Waals surface area contributed by atoms with Gasteiger partial charge in [0.1, 0.15) is 40.0 Å². The molecule has 30 nitrogen and oxygen atoms in total. The van der Waals surface area contributed by atoms with E-state index in [9.17, 15) is 24.0 Å². The molecule has 0 saturated heterocycles. The van der Waals surface area contributed by atoms with Crippen molar-refractivity contribution in [2.75, 3.05) is 55.0 Å². The van der Waals surface area contributed by atoms with Gasteiger partial charge in [0, 0.05) is 39.0 Å². The summed E-state index contributed by atoms with van der Waals surface area (Å²) in [5.41, 5.74) is 7.47. The smallest absolute Gasteiger partial charge is 0.349 e. The second kappa shape index (κ2) is 41.0. The molecule has 0 amide bonds. The third-order valence-electron chi connectivity index (χ3n) is 19.2. The van der Waals surface area contributed by atoms with Crippen LogP contribution in [0.4, 0.5) is 50.7 Å². The number of fused-ring (bicyclic) bond motifs is 5. The normalized spacial score (nSPS) is 11.3. The predicted molar refractivity (Wildman–Crippen MR) is 516 cm³/mol. The van der Waals surface area contributed by atoms with Crippen LogP contribution in [0, 0.1) is 13.8 Å². The van der Waals surface area contributed by atoms with Gasteiger partial charge >= 0.3 is 34.1 Å². The number of halogens is 6. The molecule has 10 heterocycles. The molecule has 0 spiro atoms. The first-order valence-electron chi connectivity index (χ1n) is 38.9. The van der Waals surface area contributed by atoms with E-state index in [1.165, 1.54) is 22.7 Å². The highest BCUT2D eigenvalue weighted by Crippen LogP contribution is 2.38. The van der Waals surface area contributed by atoms with Gasteiger partial charge in [0.2, 0.25) is 16.2 Å². The molecule has 6 N–H and O–H groups in total. The molecule has 0 bridgehead atoms. The Hall–Kier alpha value is -15.0. The van der Waals surface area contributed by atoms with E-state index in [1.807, 2.05) is 147 Å². The first kappa shape index (κ1) is 90.8. The largest absolute Gasteiger partial charge is 0.495 e. The van der Waals surface area contributed by atoms with Crippen molar-refractivity contribution in [1.82, 2.24) is 45.8 Å². The van der Waals surface area contributed by atoms with Gasteiger partial charge < -0.3 is 72.0 Å². The van der Waals surface area contributed by atoms with E-state index < -0.39 is 28.1 Å². The zero-order chi connectivity index (χ0) is 90.6. The molecule has 0 aliphatic carbocycles. The lowest BCUT2D eigenvalue weighted by atomic mass is 10.1. The molecule has 20 rings (SSSR count). The molecule has 19 aromatic rings. The molecule has 0 saturated carbocycles. The topological polar surface area (TPSA) is 393 Å². The standard InChI is InChI=1S/C20H15ClN2O3.C19H14ClN3O2S.C18H13ClN4O3.C18H12ClN3O4.C18H12ClN3O3S.ClH/c1-25-17-8-3-2-7-16(17)23-18-10-9-15(22-18)13-11-12-5-4-6-14(21)19(12)26-20(13)24;1-10-6-11(2)8-13(7-10)21-19-23-22-17(26-19)14-9-12-4-3-5-15(20)16(12)25-18(14)24;1-25-14-8-3-2-7-13(14)20-18-21-16(22-23-18)11-9-10-5-4-6-12(19)15(10)26-17(11)24;2*1-24-14-8-3-2-7-13(14)20-18-22-21-16(26-18)11-9-10-5-4-6-12(19)15(10)25-17(11)23;/h2-9,11H,10H2,1H3,(H,22,23);3-9H,1-2H3,(H,21,23);2-9H,1H3,(H2,20,21,22,23);2*2-9H,1H3,(H,20,22);1H. The van der Waals surface area contributed by atoms with E-state index in [2.05, 4.69) is 83.4 Å². The maximum atomic E-state index is 12.4. The Labute approximate surface area is 779 Å². The molecule has 10 aromatic carbocycles. The average molecular weight is 1910 g/mol. The molecule has 0 atom stereocenters. The first-order valence-corrected chi connectivity index (χ1v) is 42.4. The van der Waals surface area contributed by atoms with Crippen molar-refractivity contribution in [3.63, 3.8) is 0 Å². The van der Waals surface area contributed by atoms with Crippen molar-refractivity contribution in [2.45, 2.75) is 20.3 Å². The number of ether oxygens (including phenoxy) is 4. The van der Waals surface area contributed by atoms with Crippen LogP contribution in [-0.4, -0.2) is 80.0 Å². The number of aliphatic imine (C=N–C) groups is 1. The summed E-state index contributed by atoms with van der Waals surface area (Å²) in [5.74, 6) is 4.04. The van der Waals surface area contributed by atoms with Crippen molar-refractivity contribution in [3.05, 3.63) is 337 Å². The van der Waals surface area contributed by atoms with E-state index in [1.54, 1.807) is 132 Å². The highest BCUT2D eigenvalue weighted by Gasteiger charge is 2.23. The summed E-state index contributed by atoms with van der Waals surface area (Å²) >= 11 is 32.9. The number of methoxy groups -OCH3 is 4. The van der Waals surface area contributed by atoms with Crippen LogP contribution < -0.4 is 73.7 Å². The molecule has 0 fully saturated rings. The Morgan fingerprint density at radius 3 is 1.18 bits per heavy atom. The number of aromatic amines is 1. The maximum Gasteiger partial charge on any atom is 0.349 e. The Morgan fingerprint density at radius 1 is 0.366 bits per heavy atom. The fraction of sp³-hybridized carbons (Fsp3) is 0.0753. The van der Waals surface area contributed by atoms with E-state index in [-0.39, 0.29) is 41.3 Å². The minimum atomic E-state index is -0.613. The number of nitrogens with zero attached hydrogens (tertiary/aromatic N) is 9. The summed E-state index contributed by atoms with van der Waals surface area (Å²) in [6.45, 7) is 4.07. The number of benzene rings is 10. The highest BCUT2D eigenvalue weighted by molar-refractivity contribution is 7.18. The Bertz CT molecular complexity index is 7440. The molecular formula is C93H67Cl6N15O15S2. The Kier molecular flexibility index (Phi) is 28.4. The van der Waals surface area contributed by atoms with Crippen molar-refractivity contribution >= 4 is 210 Å². The van der Waals surface area contributed by atoms with E-state index in [0.29, 0.717) is 147 Å². The summed E-state index contributed by atoms with van der Waals surface area (Å²) in [6.07, 6.45) is 2.47. The van der Waals surface area contributed by atoms with Crippen LogP contribution in [0.5, 0.6) is 23.0 Å². The SMILES string of the molecule is COc1ccccc1NC1=NC(c2cc3cccc(Cl)c3oc2=O)=CC1.COc1ccccc1Nc1n[nH]c(-c2cc3cccc(Cl)c3oc2=O)n1.COc1ccccc1Nc1nnc(-c2cc3cccc(Cl)c3oc2=O)o1.COc1ccccc1Nc1nnc(-c2cc3cccc(Cl)c3oc2=O)s1.Cc1cc(C)cc(Nc2nnc(-c3cc4cccc(Cl)c4oc3=O)s2)c1.Cl. The van der Waals surface area contributed by atoms with Crippen molar-refractivity contribution in [2.24, 2.45) is 4.99 Å². The number of aromatic nitrogens is 9. The van der Waals surface area contributed by atoms with Crippen LogP contribution in [0.25, 0.3) is 105 Å². The number of amidine groups is 1. The van der Waals surface area contributed by atoms with Gasteiger partial charge in [-0.1, -0.05) is 207 Å². The molecule has 38 heteroatoms. The zero-order valence-electron chi connectivity index (χ0n) is 69.1. The van der Waals surface area contributed by atoms with Gasteiger partial charge in [0.15, 0.2) is 43.8 Å². The van der Waals surface area contributed by atoms with Crippen molar-refractivity contribution in [3.8, 4) is 67.0 Å². The lowest BCUT2D eigenvalue weighted by molar-refractivity contribution is 0.416. The van der Waals surface area contributed by atoms with Crippen LogP contribution >= 0.6 is 93.1 Å². The number of anilines is 9. The van der Waals surface area contributed by atoms with Crippen molar-refractivity contribution in [1.29, 1.82) is 0 Å².